The van der Waals surface area contributed by atoms with E-state index in [0.29, 0.717) is 12.2 Å². The molecular formula is C10H16N2O. The van der Waals surface area contributed by atoms with Gasteiger partial charge in [0.15, 0.2) is 0 Å². The first-order chi connectivity index (χ1) is 6.20. The van der Waals surface area contributed by atoms with Crippen LogP contribution >= 0.6 is 0 Å². The minimum absolute atomic E-state index is 0.0742. The lowest BCUT2D eigenvalue weighted by molar-refractivity contribution is -0.124. The molecule has 1 heterocycles. The van der Waals surface area contributed by atoms with E-state index in [1.54, 1.807) is 18.0 Å². The first-order valence-electron chi connectivity index (χ1n) is 4.28. The van der Waals surface area contributed by atoms with Gasteiger partial charge in [-0.2, -0.15) is 0 Å². The number of hydrogen-bond donors (Lipinski definition) is 0. The predicted octanol–water partition coefficient (Wildman–Crippen LogP) is 1.63. The SMILES string of the molecule is C=CC1=C(N=C)C(=O)N(C)C1.CC. The molecule has 1 amide bonds. The zero-order chi connectivity index (χ0) is 10.4. The quantitative estimate of drug-likeness (QED) is 0.594. The minimum Gasteiger partial charge on any atom is -0.336 e. The fraction of sp³-hybridized carbons (Fsp3) is 0.400. The van der Waals surface area contributed by atoms with E-state index in [4.69, 9.17) is 0 Å². The molecule has 0 saturated carbocycles. The van der Waals surface area contributed by atoms with Gasteiger partial charge in [-0.05, 0) is 6.72 Å². The Kier molecular flexibility index (Phi) is 4.74. The number of hydrogen-bond acceptors (Lipinski definition) is 2. The zero-order valence-electron chi connectivity index (χ0n) is 8.50. The third-order valence-electron chi connectivity index (χ3n) is 1.67. The first kappa shape index (κ1) is 11.6. The van der Waals surface area contributed by atoms with Gasteiger partial charge in [0.05, 0.1) is 0 Å². The molecule has 0 spiro atoms. The van der Waals surface area contributed by atoms with E-state index in [1.807, 2.05) is 13.8 Å². The standard InChI is InChI=1S/C8H10N2O.C2H6/c1-4-6-5-10(3)8(11)7(6)9-2;1-2/h4H,1-2,5H2,3H3;1-2H3. The van der Waals surface area contributed by atoms with E-state index in [2.05, 4.69) is 18.3 Å². The highest BCUT2D eigenvalue weighted by Gasteiger charge is 2.24. The third kappa shape index (κ3) is 2.28. The molecule has 13 heavy (non-hydrogen) atoms. The Morgan fingerprint density at radius 1 is 1.54 bits per heavy atom. The molecule has 3 heteroatoms. The highest BCUT2D eigenvalue weighted by Crippen LogP contribution is 2.18. The van der Waals surface area contributed by atoms with Gasteiger partial charge in [-0.1, -0.05) is 26.5 Å². The van der Waals surface area contributed by atoms with Crippen LogP contribution in [0.25, 0.3) is 0 Å². The maximum absolute atomic E-state index is 11.2. The molecule has 1 aliphatic rings. The molecule has 1 aliphatic heterocycles. The van der Waals surface area contributed by atoms with Crippen molar-refractivity contribution >= 4 is 12.6 Å². The van der Waals surface area contributed by atoms with E-state index in [-0.39, 0.29) is 5.91 Å². The smallest absolute Gasteiger partial charge is 0.272 e. The summed E-state index contributed by atoms with van der Waals surface area (Å²) in [7, 11) is 1.73. The van der Waals surface area contributed by atoms with Gasteiger partial charge in [-0.15, -0.1) is 0 Å². The van der Waals surface area contributed by atoms with Crippen molar-refractivity contribution < 1.29 is 4.79 Å². The normalized spacial score (nSPS) is 15.3. The molecule has 72 valence electrons. The summed E-state index contributed by atoms with van der Waals surface area (Å²) in [5.41, 5.74) is 1.29. The van der Waals surface area contributed by atoms with Gasteiger partial charge < -0.3 is 4.90 Å². The van der Waals surface area contributed by atoms with Crippen LogP contribution in [-0.4, -0.2) is 31.1 Å². The Balaban J connectivity index is 0.000000671. The Bertz CT molecular complexity index is 254. The molecule has 0 aromatic carbocycles. The summed E-state index contributed by atoms with van der Waals surface area (Å²) < 4.78 is 0. The average Bonchev–Trinajstić information content (AvgIpc) is 2.46. The average molecular weight is 180 g/mol. The second kappa shape index (κ2) is 5.30. The summed E-state index contributed by atoms with van der Waals surface area (Å²) in [6.07, 6.45) is 1.64. The Morgan fingerprint density at radius 2 is 2.08 bits per heavy atom. The number of likely N-dealkylation sites (N-methyl/N-ethyl adjacent to an activating group) is 1. The van der Waals surface area contributed by atoms with Crippen molar-refractivity contribution in [3.05, 3.63) is 23.9 Å². The monoisotopic (exact) mass is 180 g/mol. The predicted molar refractivity (Wildman–Crippen MR) is 55.8 cm³/mol. The number of carbonyl (C=O) groups is 1. The molecule has 0 fully saturated rings. The highest BCUT2D eigenvalue weighted by atomic mass is 16.2. The second-order valence-electron chi connectivity index (χ2n) is 2.40. The Labute approximate surface area is 79.5 Å². The highest BCUT2D eigenvalue weighted by molar-refractivity contribution is 5.97. The number of carbonyl (C=O) groups excluding carboxylic acids is 1. The zero-order valence-corrected chi connectivity index (χ0v) is 8.50. The maximum Gasteiger partial charge on any atom is 0.272 e. The molecule has 0 atom stereocenters. The third-order valence-corrected chi connectivity index (χ3v) is 1.67. The largest absolute Gasteiger partial charge is 0.336 e. The van der Waals surface area contributed by atoms with E-state index >= 15 is 0 Å². The Hall–Kier alpha value is -1.38. The summed E-state index contributed by atoms with van der Waals surface area (Å²) >= 11 is 0. The molecule has 0 unspecified atom stereocenters. The summed E-state index contributed by atoms with van der Waals surface area (Å²) in [5.74, 6) is -0.0742. The maximum atomic E-state index is 11.2. The topological polar surface area (TPSA) is 32.7 Å². The molecule has 0 aliphatic carbocycles. The second-order valence-corrected chi connectivity index (χ2v) is 2.40. The lowest BCUT2D eigenvalue weighted by atomic mass is 10.2. The fourth-order valence-electron chi connectivity index (χ4n) is 1.05. The number of rotatable bonds is 2. The van der Waals surface area contributed by atoms with Crippen LogP contribution in [0, 0.1) is 0 Å². The lowest BCUT2D eigenvalue weighted by Crippen LogP contribution is -2.21. The molecule has 1 rings (SSSR count). The van der Waals surface area contributed by atoms with Crippen LogP contribution in [0.5, 0.6) is 0 Å². The summed E-state index contributed by atoms with van der Waals surface area (Å²) in [5, 5.41) is 0. The first-order valence-corrected chi connectivity index (χ1v) is 4.28. The van der Waals surface area contributed by atoms with Crippen molar-refractivity contribution in [1.82, 2.24) is 4.90 Å². The van der Waals surface area contributed by atoms with Crippen molar-refractivity contribution in [2.75, 3.05) is 13.6 Å². The minimum atomic E-state index is -0.0742. The van der Waals surface area contributed by atoms with Crippen molar-refractivity contribution in [2.45, 2.75) is 13.8 Å². The molecule has 0 radical (unpaired) electrons. The van der Waals surface area contributed by atoms with Crippen molar-refractivity contribution in [3.8, 4) is 0 Å². The van der Waals surface area contributed by atoms with E-state index in [9.17, 15) is 4.79 Å². The Morgan fingerprint density at radius 3 is 2.38 bits per heavy atom. The summed E-state index contributed by atoms with van der Waals surface area (Å²) in [6.45, 7) is 11.5. The molecule has 3 nitrogen and oxygen atoms in total. The molecule has 0 N–H and O–H groups in total. The number of amides is 1. The van der Waals surface area contributed by atoms with Gasteiger partial charge in [-0.25, -0.2) is 0 Å². The molecular weight excluding hydrogens is 164 g/mol. The van der Waals surface area contributed by atoms with Crippen LogP contribution in [0.4, 0.5) is 0 Å². The van der Waals surface area contributed by atoms with Crippen LogP contribution in [0.3, 0.4) is 0 Å². The van der Waals surface area contributed by atoms with Crippen LogP contribution in [-0.2, 0) is 4.79 Å². The van der Waals surface area contributed by atoms with Crippen LogP contribution in [0.1, 0.15) is 13.8 Å². The molecule has 0 saturated heterocycles. The van der Waals surface area contributed by atoms with Crippen LogP contribution < -0.4 is 0 Å². The molecule has 0 aromatic heterocycles. The number of aliphatic imine (C=N–C) groups is 1. The van der Waals surface area contributed by atoms with Gasteiger partial charge in [0.25, 0.3) is 5.91 Å². The van der Waals surface area contributed by atoms with E-state index in [1.165, 1.54) is 0 Å². The van der Waals surface area contributed by atoms with E-state index in [0.717, 1.165) is 5.57 Å². The fourth-order valence-corrected chi connectivity index (χ4v) is 1.05. The molecule has 0 aromatic rings. The van der Waals surface area contributed by atoms with Crippen LogP contribution in [0.2, 0.25) is 0 Å². The number of nitrogens with zero attached hydrogens (tertiary/aromatic N) is 2. The summed E-state index contributed by atoms with van der Waals surface area (Å²) in [6, 6.07) is 0. The van der Waals surface area contributed by atoms with Gasteiger partial charge in [0.2, 0.25) is 0 Å². The van der Waals surface area contributed by atoms with Crippen LogP contribution in [0.15, 0.2) is 28.9 Å². The lowest BCUT2D eigenvalue weighted by Gasteiger charge is -2.05. The molecule has 0 bridgehead atoms. The van der Waals surface area contributed by atoms with Gasteiger partial charge in [0.1, 0.15) is 5.70 Å². The van der Waals surface area contributed by atoms with Gasteiger partial charge >= 0.3 is 0 Å². The van der Waals surface area contributed by atoms with Crippen molar-refractivity contribution in [3.63, 3.8) is 0 Å². The van der Waals surface area contributed by atoms with Gasteiger partial charge in [-0.3, -0.25) is 9.79 Å². The van der Waals surface area contributed by atoms with Crippen molar-refractivity contribution in [1.29, 1.82) is 0 Å². The van der Waals surface area contributed by atoms with Gasteiger partial charge in [0, 0.05) is 19.2 Å². The van der Waals surface area contributed by atoms with E-state index < -0.39 is 0 Å². The van der Waals surface area contributed by atoms with Crippen molar-refractivity contribution in [2.24, 2.45) is 4.99 Å². The summed E-state index contributed by atoms with van der Waals surface area (Å²) in [4.78, 5) is 16.4.